The molecule has 0 aliphatic carbocycles. The number of oxazole rings is 1. The minimum absolute atomic E-state index is 0.237. The first-order chi connectivity index (χ1) is 13.0. The lowest BCUT2D eigenvalue weighted by Crippen LogP contribution is -2.45. The van der Waals surface area contributed by atoms with Gasteiger partial charge in [0.25, 0.3) is 5.91 Å². The lowest BCUT2D eigenvalue weighted by molar-refractivity contribution is 0.0698. The monoisotopic (exact) mass is 372 g/mol. The zero-order valence-corrected chi connectivity index (χ0v) is 16.0. The largest absolute Gasteiger partial charge is 0.447 e. The van der Waals surface area contributed by atoms with Crippen molar-refractivity contribution in [2.24, 2.45) is 0 Å². The lowest BCUT2D eigenvalue weighted by atomic mass is 10.2. The van der Waals surface area contributed by atoms with E-state index in [1.807, 2.05) is 6.07 Å². The zero-order valence-electron chi connectivity index (χ0n) is 16.0. The Bertz CT molecular complexity index is 724. The highest BCUT2D eigenvalue weighted by molar-refractivity contribution is 5.91. The SMILES string of the molecule is CC(O)CN(C)C(=O)c1coc(CN2CCN(Cc3ccccc3)CC2)n1. The Hall–Kier alpha value is -2.22. The van der Waals surface area contributed by atoms with Gasteiger partial charge in [-0.3, -0.25) is 14.6 Å². The third-order valence-electron chi connectivity index (χ3n) is 4.73. The molecule has 0 bridgehead atoms. The molecule has 1 N–H and O–H groups in total. The number of aliphatic hydroxyl groups is 1. The quantitative estimate of drug-likeness (QED) is 0.793. The third-order valence-corrected chi connectivity index (χ3v) is 4.73. The van der Waals surface area contributed by atoms with Crippen LogP contribution in [-0.4, -0.2) is 76.6 Å². The van der Waals surface area contributed by atoms with Gasteiger partial charge in [0.2, 0.25) is 5.89 Å². The Balaban J connectivity index is 1.47. The summed E-state index contributed by atoms with van der Waals surface area (Å²) in [5.41, 5.74) is 1.62. The molecule has 7 nitrogen and oxygen atoms in total. The average Bonchev–Trinajstić information content (AvgIpc) is 3.11. The van der Waals surface area contributed by atoms with E-state index >= 15 is 0 Å². The van der Waals surface area contributed by atoms with Crippen LogP contribution < -0.4 is 0 Å². The fourth-order valence-electron chi connectivity index (χ4n) is 3.29. The molecule has 0 radical (unpaired) electrons. The topological polar surface area (TPSA) is 73.1 Å². The Morgan fingerprint density at radius 3 is 2.44 bits per heavy atom. The summed E-state index contributed by atoms with van der Waals surface area (Å²) in [6.07, 6.45) is 0.833. The second kappa shape index (κ2) is 9.12. The minimum atomic E-state index is -0.572. The molecule has 146 valence electrons. The molecule has 2 aromatic rings. The van der Waals surface area contributed by atoms with Crippen molar-refractivity contribution in [1.82, 2.24) is 19.7 Å². The molecule has 1 saturated heterocycles. The van der Waals surface area contributed by atoms with E-state index in [1.54, 1.807) is 14.0 Å². The van der Waals surface area contributed by atoms with Gasteiger partial charge in [0, 0.05) is 46.3 Å². The van der Waals surface area contributed by atoms with E-state index in [4.69, 9.17) is 4.42 Å². The smallest absolute Gasteiger partial charge is 0.275 e. The molecule has 1 aromatic carbocycles. The van der Waals surface area contributed by atoms with Crippen LogP contribution in [0.5, 0.6) is 0 Å². The summed E-state index contributed by atoms with van der Waals surface area (Å²) in [4.78, 5) is 22.8. The number of amides is 1. The van der Waals surface area contributed by atoms with Gasteiger partial charge in [-0.2, -0.15) is 0 Å². The molecule has 27 heavy (non-hydrogen) atoms. The second-order valence-electron chi connectivity index (χ2n) is 7.20. The number of likely N-dealkylation sites (N-methyl/N-ethyl adjacent to an activating group) is 1. The molecule has 1 aliphatic heterocycles. The number of carbonyl (C=O) groups is 1. The molecular formula is C20H28N4O3. The van der Waals surface area contributed by atoms with E-state index in [0.717, 1.165) is 32.7 Å². The first-order valence-corrected chi connectivity index (χ1v) is 9.38. The molecule has 1 aromatic heterocycles. The van der Waals surface area contributed by atoms with Crippen molar-refractivity contribution in [2.45, 2.75) is 26.1 Å². The van der Waals surface area contributed by atoms with Crippen LogP contribution in [0, 0.1) is 0 Å². The maximum atomic E-state index is 12.3. The van der Waals surface area contributed by atoms with E-state index in [-0.39, 0.29) is 18.1 Å². The van der Waals surface area contributed by atoms with Gasteiger partial charge < -0.3 is 14.4 Å². The van der Waals surface area contributed by atoms with Crippen LogP contribution in [0.15, 0.2) is 41.0 Å². The molecule has 1 fully saturated rings. The summed E-state index contributed by atoms with van der Waals surface area (Å²) in [6.45, 7) is 7.38. The summed E-state index contributed by atoms with van der Waals surface area (Å²) in [5, 5.41) is 9.41. The molecule has 1 aliphatic rings. The van der Waals surface area contributed by atoms with Crippen LogP contribution in [0.2, 0.25) is 0 Å². The van der Waals surface area contributed by atoms with Crippen molar-refractivity contribution in [1.29, 1.82) is 0 Å². The second-order valence-corrected chi connectivity index (χ2v) is 7.20. The van der Waals surface area contributed by atoms with E-state index < -0.39 is 6.10 Å². The number of benzene rings is 1. The molecule has 2 heterocycles. The normalized spacial score (nSPS) is 17.0. The molecule has 3 rings (SSSR count). The summed E-state index contributed by atoms with van der Waals surface area (Å²) < 4.78 is 5.49. The number of carbonyl (C=O) groups excluding carboxylic acids is 1. The van der Waals surface area contributed by atoms with Crippen molar-refractivity contribution in [3.8, 4) is 0 Å². The minimum Gasteiger partial charge on any atom is -0.447 e. The highest BCUT2D eigenvalue weighted by Gasteiger charge is 2.21. The fourth-order valence-corrected chi connectivity index (χ4v) is 3.29. The van der Waals surface area contributed by atoms with Gasteiger partial charge in [0.1, 0.15) is 6.26 Å². The molecule has 1 amide bonds. The number of aromatic nitrogens is 1. The maximum Gasteiger partial charge on any atom is 0.275 e. The number of nitrogens with zero attached hydrogens (tertiary/aromatic N) is 4. The highest BCUT2D eigenvalue weighted by atomic mass is 16.3. The van der Waals surface area contributed by atoms with Crippen LogP contribution in [0.1, 0.15) is 28.9 Å². The fraction of sp³-hybridized carbons (Fsp3) is 0.500. The summed E-state index contributed by atoms with van der Waals surface area (Å²) in [6, 6.07) is 10.5. The first-order valence-electron chi connectivity index (χ1n) is 9.38. The van der Waals surface area contributed by atoms with Crippen molar-refractivity contribution in [2.75, 3.05) is 39.8 Å². The number of piperazine rings is 1. The van der Waals surface area contributed by atoms with Crippen LogP contribution in [0.25, 0.3) is 0 Å². The Morgan fingerprint density at radius 1 is 1.19 bits per heavy atom. The third kappa shape index (κ3) is 5.63. The van der Waals surface area contributed by atoms with E-state index in [1.165, 1.54) is 16.7 Å². The van der Waals surface area contributed by atoms with Crippen LogP contribution in [0.3, 0.4) is 0 Å². The number of rotatable bonds is 7. The average molecular weight is 372 g/mol. The van der Waals surface area contributed by atoms with Crippen molar-refractivity contribution in [3.05, 3.63) is 53.7 Å². The molecule has 0 spiro atoms. The molecule has 0 saturated carbocycles. The number of hydrogen-bond acceptors (Lipinski definition) is 6. The summed E-state index contributed by atoms with van der Waals surface area (Å²) in [5.74, 6) is 0.318. The van der Waals surface area contributed by atoms with E-state index in [9.17, 15) is 9.90 Å². The zero-order chi connectivity index (χ0) is 19.2. The van der Waals surface area contributed by atoms with Gasteiger partial charge >= 0.3 is 0 Å². The molecule has 1 atom stereocenters. The van der Waals surface area contributed by atoms with Crippen LogP contribution in [-0.2, 0) is 13.1 Å². The predicted octanol–water partition coefficient (Wildman–Crippen LogP) is 1.45. The maximum absolute atomic E-state index is 12.3. The number of hydrogen-bond donors (Lipinski definition) is 1. The Morgan fingerprint density at radius 2 is 1.81 bits per heavy atom. The Kier molecular flexibility index (Phi) is 6.60. The van der Waals surface area contributed by atoms with Crippen LogP contribution >= 0.6 is 0 Å². The Labute approximate surface area is 160 Å². The standard InChI is InChI=1S/C20H28N4O3/c1-16(25)12-22(2)20(26)18-15-27-19(21-18)14-24-10-8-23(9-11-24)13-17-6-4-3-5-7-17/h3-7,15-16,25H,8-14H2,1-2H3. The van der Waals surface area contributed by atoms with Gasteiger partial charge in [-0.25, -0.2) is 4.98 Å². The number of aliphatic hydroxyl groups excluding tert-OH is 1. The van der Waals surface area contributed by atoms with Gasteiger partial charge in [-0.05, 0) is 12.5 Å². The van der Waals surface area contributed by atoms with Gasteiger partial charge in [0.05, 0.1) is 12.6 Å². The lowest BCUT2D eigenvalue weighted by Gasteiger charge is -2.34. The first kappa shape index (κ1) is 19.5. The van der Waals surface area contributed by atoms with Gasteiger partial charge in [-0.15, -0.1) is 0 Å². The van der Waals surface area contributed by atoms with Gasteiger partial charge in [-0.1, -0.05) is 30.3 Å². The predicted molar refractivity (Wildman–Crippen MR) is 102 cm³/mol. The molecular weight excluding hydrogens is 344 g/mol. The molecule has 7 heteroatoms. The van der Waals surface area contributed by atoms with Gasteiger partial charge in [0.15, 0.2) is 5.69 Å². The summed E-state index contributed by atoms with van der Waals surface area (Å²) >= 11 is 0. The highest BCUT2D eigenvalue weighted by Crippen LogP contribution is 2.12. The van der Waals surface area contributed by atoms with Crippen molar-refractivity contribution >= 4 is 5.91 Å². The summed E-state index contributed by atoms with van der Waals surface area (Å²) in [7, 11) is 1.65. The van der Waals surface area contributed by atoms with E-state index in [2.05, 4.69) is 39.0 Å². The van der Waals surface area contributed by atoms with Crippen molar-refractivity contribution < 1.29 is 14.3 Å². The van der Waals surface area contributed by atoms with E-state index in [0.29, 0.717) is 12.4 Å². The molecule has 1 unspecified atom stereocenters. The van der Waals surface area contributed by atoms with Crippen molar-refractivity contribution in [3.63, 3.8) is 0 Å². The van der Waals surface area contributed by atoms with Crippen LogP contribution in [0.4, 0.5) is 0 Å².